The number of hydrogen-bond acceptors (Lipinski definition) is 4. The summed E-state index contributed by atoms with van der Waals surface area (Å²) in [5.74, 6) is -1.00. The van der Waals surface area contributed by atoms with Crippen molar-refractivity contribution in [3.05, 3.63) is 17.5 Å². The van der Waals surface area contributed by atoms with E-state index in [1.165, 1.54) is 0 Å². The Hall–Kier alpha value is -1.40. The predicted octanol–water partition coefficient (Wildman–Crippen LogP) is -0.0599. The number of morpholine rings is 1. The number of aromatic amines is 1. The summed E-state index contributed by atoms with van der Waals surface area (Å²) in [5, 5.41) is 15.1. The highest BCUT2D eigenvalue weighted by Gasteiger charge is 2.13. The molecule has 1 aromatic rings. The maximum absolute atomic E-state index is 10.6. The maximum atomic E-state index is 10.6. The Morgan fingerprint density at radius 1 is 1.60 bits per heavy atom. The summed E-state index contributed by atoms with van der Waals surface area (Å²) in [7, 11) is 0. The van der Waals surface area contributed by atoms with Gasteiger partial charge in [-0.3, -0.25) is 10.00 Å². The third kappa shape index (κ3) is 2.54. The molecular formula is C9H13N3O3. The van der Waals surface area contributed by atoms with Crippen LogP contribution in [0.2, 0.25) is 0 Å². The van der Waals surface area contributed by atoms with Crippen molar-refractivity contribution in [2.75, 3.05) is 26.3 Å². The summed E-state index contributed by atoms with van der Waals surface area (Å²) in [6, 6.07) is 1.57. The van der Waals surface area contributed by atoms with Gasteiger partial charge in [0.15, 0.2) is 5.69 Å². The first kappa shape index (κ1) is 10.1. The SMILES string of the molecule is O=C(O)c1cc(CN2CCOCC2)[nH]n1. The second kappa shape index (κ2) is 4.41. The minimum atomic E-state index is -1.00. The molecule has 15 heavy (non-hydrogen) atoms. The molecule has 0 aliphatic carbocycles. The molecule has 2 N–H and O–H groups in total. The van der Waals surface area contributed by atoms with Gasteiger partial charge < -0.3 is 9.84 Å². The number of ether oxygens (including phenoxy) is 1. The third-order valence-corrected chi connectivity index (χ3v) is 2.35. The molecule has 1 aliphatic rings. The smallest absolute Gasteiger partial charge is 0.356 e. The number of aromatic carboxylic acids is 1. The highest BCUT2D eigenvalue weighted by molar-refractivity contribution is 5.85. The number of nitrogens with one attached hydrogen (secondary N) is 1. The third-order valence-electron chi connectivity index (χ3n) is 2.35. The van der Waals surface area contributed by atoms with Gasteiger partial charge in [-0.2, -0.15) is 5.10 Å². The van der Waals surface area contributed by atoms with E-state index >= 15 is 0 Å². The zero-order valence-corrected chi connectivity index (χ0v) is 8.27. The standard InChI is InChI=1S/C9H13N3O3/c13-9(14)8-5-7(10-11-8)6-12-1-3-15-4-2-12/h5H,1-4,6H2,(H,10,11)(H,13,14). The van der Waals surface area contributed by atoms with E-state index < -0.39 is 5.97 Å². The Morgan fingerprint density at radius 2 is 2.33 bits per heavy atom. The monoisotopic (exact) mass is 211 g/mol. The molecule has 0 saturated carbocycles. The van der Waals surface area contributed by atoms with Gasteiger partial charge in [-0.25, -0.2) is 4.79 Å². The van der Waals surface area contributed by atoms with Crippen LogP contribution in [0.1, 0.15) is 16.2 Å². The van der Waals surface area contributed by atoms with Crippen molar-refractivity contribution >= 4 is 5.97 Å². The predicted molar refractivity (Wildman–Crippen MR) is 51.6 cm³/mol. The number of hydrogen-bond donors (Lipinski definition) is 2. The molecule has 0 aromatic carbocycles. The van der Waals surface area contributed by atoms with Crippen LogP contribution in [0.4, 0.5) is 0 Å². The summed E-state index contributed by atoms with van der Waals surface area (Å²) < 4.78 is 5.22. The molecule has 1 aromatic heterocycles. The summed E-state index contributed by atoms with van der Waals surface area (Å²) in [6.07, 6.45) is 0. The highest BCUT2D eigenvalue weighted by atomic mass is 16.5. The van der Waals surface area contributed by atoms with Gasteiger partial charge in [0, 0.05) is 19.6 Å². The van der Waals surface area contributed by atoms with Crippen LogP contribution in [-0.2, 0) is 11.3 Å². The average Bonchev–Trinajstić information content (AvgIpc) is 2.68. The molecule has 0 radical (unpaired) electrons. The lowest BCUT2D eigenvalue weighted by Crippen LogP contribution is -2.35. The molecule has 6 heteroatoms. The lowest BCUT2D eigenvalue weighted by atomic mass is 10.3. The molecule has 2 heterocycles. The molecule has 0 spiro atoms. The second-order valence-corrected chi connectivity index (χ2v) is 3.47. The Labute approximate surface area is 86.8 Å². The van der Waals surface area contributed by atoms with Crippen molar-refractivity contribution in [2.45, 2.75) is 6.54 Å². The topological polar surface area (TPSA) is 78.5 Å². The molecular weight excluding hydrogens is 198 g/mol. The molecule has 0 atom stereocenters. The van der Waals surface area contributed by atoms with Crippen molar-refractivity contribution in [3.8, 4) is 0 Å². The molecule has 1 fully saturated rings. The minimum absolute atomic E-state index is 0.0678. The number of rotatable bonds is 3. The van der Waals surface area contributed by atoms with E-state index in [9.17, 15) is 4.79 Å². The minimum Gasteiger partial charge on any atom is -0.476 e. The van der Waals surface area contributed by atoms with Gasteiger partial charge in [0.25, 0.3) is 0 Å². The highest BCUT2D eigenvalue weighted by Crippen LogP contribution is 2.06. The van der Waals surface area contributed by atoms with Crippen LogP contribution in [0.25, 0.3) is 0 Å². The van der Waals surface area contributed by atoms with Crippen LogP contribution in [0.3, 0.4) is 0 Å². The van der Waals surface area contributed by atoms with Crippen LogP contribution in [0.5, 0.6) is 0 Å². The summed E-state index contributed by atoms with van der Waals surface area (Å²) in [5.41, 5.74) is 0.896. The van der Waals surface area contributed by atoms with Gasteiger partial charge in [-0.15, -0.1) is 0 Å². The van der Waals surface area contributed by atoms with Crippen LogP contribution >= 0.6 is 0 Å². The largest absolute Gasteiger partial charge is 0.476 e. The molecule has 82 valence electrons. The average molecular weight is 211 g/mol. The van der Waals surface area contributed by atoms with Crippen molar-refractivity contribution < 1.29 is 14.6 Å². The van der Waals surface area contributed by atoms with Crippen molar-refractivity contribution in [2.24, 2.45) is 0 Å². The Bertz CT molecular complexity index is 344. The summed E-state index contributed by atoms with van der Waals surface area (Å²) in [4.78, 5) is 12.8. The first-order valence-corrected chi connectivity index (χ1v) is 4.83. The maximum Gasteiger partial charge on any atom is 0.356 e. The molecule has 0 unspecified atom stereocenters. The van der Waals surface area contributed by atoms with E-state index in [4.69, 9.17) is 9.84 Å². The molecule has 1 aliphatic heterocycles. The number of carbonyl (C=O) groups is 1. The lowest BCUT2D eigenvalue weighted by molar-refractivity contribution is 0.0336. The molecule has 0 amide bonds. The van der Waals surface area contributed by atoms with Crippen LogP contribution in [0, 0.1) is 0 Å². The first-order valence-electron chi connectivity index (χ1n) is 4.83. The van der Waals surface area contributed by atoms with E-state index in [1.807, 2.05) is 0 Å². The zero-order valence-electron chi connectivity index (χ0n) is 8.27. The fourth-order valence-electron chi connectivity index (χ4n) is 1.55. The number of H-pyrrole nitrogens is 1. The van der Waals surface area contributed by atoms with Gasteiger partial charge in [0.1, 0.15) is 0 Å². The van der Waals surface area contributed by atoms with Gasteiger partial charge in [0.05, 0.1) is 18.9 Å². The first-order chi connectivity index (χ1) is 7.25. The lowest BCUT2D eigenvalue weighted by Gasteiger charge is -2.25. The Kier molecular flexibility index (Phi) is 2.98. The van der Waals surface area contributed by atoms with Crippen molar-refractivity contribution in [3.63, 3.8) is 0 Å². The van der Waals surface area contributed by atoms with Crippen molar-refractivity contribution in [1.82, 2.24) is 15.1 Å². The van der Waals surface area contributed by atoms with E-state index in [-0.39, 0.29) is 5.69 Å². The van der Waals surface area contributed by atoms with E-state index in [2.05, 4.69) is 15.1 Å². The summed E-state index contributed by atoms with van der Waals surface area (Å²) in [6.45, 7) is 3.92. The zero-order chi connectivity index (χ0) is 10.7. The number of aromatic nitrogens is 2. The molecule has 1 saturated heterocycles. The fraction of sp³-hybridized carbons (Fsp3) is 0.556. The van der Waals surface area contributed by atoms with Gasteiger partial charge in [0.2, 0.25) is 0 Å². The number of carboxylic acids is 1. The van der Waals surface area contributed by atoms with Gasteiger partial charge in [-0.05, 0) is 6.07 Å². The van der Waals surface area contributed by atoms with Crippen LogP contribution < -0.4 is 0 Å². The molecule has 2 rings (SSSR count). The van der Waals surface area contributed by atoms with Crippen LogP contribution in [0.15, 0.2) is 6.07 Å². The number of nitrogens with zero attached hydrogens (tertiary/aromatic N) is 2. The molecule has 6 nitrogen and oxygen atoms in total. The quantitative estimate of drug-likeness (QED) is 0.732. The van der Waals surface area contributed by atoms with E-state index in [0.717, 1.165) is 32.0 Å². The van der Waals surface area contributed by atoms with Gasteiger partial charge >= 0.3 is 5.97 Å². The van der Waals surface area contributed by atoms with Crippen molar-refractivity contribution in [1.29, 1.82) is 0 Å². The van der Waals surface area contributed by atoms with E-state index in [1.54, 1.807) is 6.07 Å². The van der Waals surface area contributed by atoms with Gasteiger partial charge in [-0.1, -0.05) is 0 Å². The molecule has 0 bridgehead atoms. The fourth-order valence-corrected chi connectivity index (χ4v) is 1.55. The van der Waals surface area contributed by atoms with Crippen LogP contribution in [-0.4, -0.2) is 52.5 Å². The normalized spacial score (nSPS) is 17.9. The Morgan fingerprint density at radius 3 is 2.93 bits per heavy atom. The second-order valence-electron chi connectivity index (χ2n) is 3.47. The Balaban J connectivity index is 1.94. The number of carboxylic acid groups (broad SMARTS) is 1. The van der Waals surface area contributed by atoms with E-state index in [0.29, 0.717) is 6.54 Å². The summed E-state index contributed by atoms with van der Waals surface area (Å²) >= 11 is 0.